The number of rotatable bonds is 5. The van der Waals surface area contributed by atoms with Crippen molar-refractivity contribution in [3.05, 3.63) is 35.4 Å². The minimum Gasteiger partial charge on any atom is -0.480 e. The van der Waals surface area contributed by atoms with E-state index < -0.39 is 24.3 Å². The van der Waals surface area contributed by atoms with E-state index in [0.717, 1.165) is 11.1 Å². The summed E-state index contributed by atoms with van der Waals surface area (Å²) in [4.78, 5) is 33.6. The lowest BCUT2D eigenvalue weighted by atomic mass is 9.77. The molecule has 0 aliphatic heterocycles. The van der Waals surface area contributed by atoms with Crippen molar-refractivity contribution in [1.82, 2.24) is 5.32 Å². The van der Waals surface area contributed by atoms with Crippen molar-refractivity contribution < 1.29 is 19.5 Å². The van der Waals surface area contributed by atoms with Gasteiger partial charge in [-0.2, -0.15) is 0 Å². The topological polar surface area (TPSA) is 109 Å². The monoisotopic (exact) mass is 262 g/mol. The number of carboxylic acids is 1. The first kappa shape index (κ1) is 13.1. The van der Waals surface area contributed by atoms with Crippen LogP contribution in [0.2, 0.25) is 0 Å². The molecule has 100 valence electrons. The van der Waals surface area contributed by atoms with E-state index in [1.54, 1.807) is 0 Å². The smallest absolute Gasteiger partial charge is 0.326 e. The van der Waals surface area contributed by atoms with E-state index in [4.69, 9.17) is 10.8 Å². The lowest BCUT2D eigenvalue weighted by Crippen LogP contribution is -2.46. The number of carboxylic acid groups (broad SMARTS) is 1. The lowest BCUT2D eigenvalue weighted by Gasteiger charge is -2.29. The molecule has 2 unspecified atom stereocenters. The van der Waals surface area contributed by atoms with Crippen molar-refractivity contribution in [3.8, 4) is 0 Å². The molecule has 1 aromatic rings. The number of aliphatic carboxylic acids is 1. The van der Waals surface area contributed by atoms with Crippen LogP contribution in [-0.4, -0.2) is 28.9 Å². The maximum atomic E-state index is 12.0. The minimum absolute atomic E-state index is 0.342. The highest BCUT2D eigenvalue weighted by atomic mass is 16.4. The minimum atomic E-state index is -1.27. The summed E-state index contributed by atoms with van der Waals surface area (Å²) in [5.74, 6) is -2.75. The van der Waals surface area contributed by atoms with Crippen molar-refractivity contribution in [1.29, 1.82) is 0 Å². The molecular formula is C13H14N2O4. The summed E-state index contributed by atoms with van der Waals surface area (Å²) in [6.45, 7) is 0. The van der Waals surface area contributed by atoms with Gasteiger partial charge in [0.05, 0.1) is 12.3 Å². The van der Waals surface area contributed by atoms with Gasteiger partial charge in [-0.3, -0.25) is 9.59 Å². The lowest BCUT2D eigenvalue weighted by molar-refractivity contribution is -0.143. The standard InChI is InChI=1S/C13H14N2O4/c14-11(16)6-10(13(18)19)15-12(17)9-5-7-3-1-2-4-8(7)9/h1-4,9-10H,5-6H2,(H2,14,16)(H,15,17)(H,18,19). The van der Waals surface area contributed by atoms with Crippen LogP contribution in [0.15, 0.2) is 24.3 Å². The Bertz CT molecular complexity index is 541. The Balaban J connectivity index is 2.02. The van der Waals surface area contributed by atoms with Gasteiger partial charge in [0.25, 0.3) is 0 Å². The van der Waals surface area contributed by atoms with E-state index >= 15 is 0 Å². The van der Waals surface area contributed by atoms with Crippen LogP contribution in [0.25, 0.3) is 0 Å². The summed E-state index contributed by atoms with van der Waals surface area (Å²) in [6.07, 6.45) is 0.181. The third-order valence-electron chi connectivity index (χ3n) is 3.19. The van der Waals surface area contributed by atoms with Crippen LogP contribution >= 0.6 is 0 Å². The molecule has 2 rings (SSSR count). The fourth-order valence-electron chi connectivity index (χ4n) is 2.17. The predicted molar refractivity (Wildman–Crippen MR) is 66.3 cm³/mol. The number of nitrogens with two attached hydrogens (primary N) is 1. The highest BCUT2D eigenvalue weighted by Crippen LogP contribution is 2.34. The van der Waals surface area contributed by atoms with Crippen molar-refractivity contribution >= 4 is 17.8 Å². The molecule has 1 aromatic carbocycles. The quantitative estimate of drug-likeness (QED) is 0.680. The van der Waals surface area contributed by atoms with Crippen LogP contribution in [0, 0.1) is 0 Å². The van der Waals surface area contributed by atoms with Crippen molar-refractivity contribution in [2.45, 2.75) is 24.8 Å². The second-order valence-corrected chi connectivity index (χ2v) is 4.53. The van der Waals surface area contributed by atoms with Crippen LogP contribution in [-0.2, 0) is 20.8 Å². The van der Waals surface area contributed by atoms with Gasteiger partial charge in [0.1, 0.15) is 6.04 Å². The average molecular weight is 262 g/mol. The summed E-state index contributed by atoms with van der Waals surface area (Å²) in [5.41, 5.74) is 6.95. The van der Waals surface area contributed by atoms with E-state index in [9.17, 15) is 14.4 Å². The molecule has 0 heterocycles. The van der Waals surface area contributed by atoms with Crippen molar-refractivity contribution in [2.24, 2.45) is 5.73 Å². The van der Waals surface area contributed by atoms with E-state index in [2.05, 4.69) is 5.32 Å². The SMILES string of the molecule is NC(=O)CC(NC(=O)C1Cc2ccccc21)C(=O)O. The number of hydrogen-bond acceptors (Lipinski definition) is 3. The molecule has 0 saturated carbocycles. The summed E-state index contributed by atoms with van der Waals surface area (Å²) >= 11 is 0. The molecule has 19 heavy (non-hydrogen) atoms. The molecule has 0 spiro atoms. The maximum absolute atomic E-state index is 12.0. The zero-order chi connectivity index (χ0) is 14.0. The van der Waals surface area contributed by atoms with Crippen LogP contribution in [0.5, 0.6) is 0 Å². The Labute approximate surface area is 109 Å². The van der Waals surface area contributed by atoms with Gasteiger partial charge < -0.3 is 16.2 Å². The highest BCUT2D eigenvalue weighted by molar-refractivity contribution is 5.92. The summed E-state index contributed by atoms with van der Waals surface area (Å²) in [7, 11) is 0. The van der Waals surface area contributed by atoms with Crippen LogP contribution in [0.4, 0.5) is 0 Å². The van der Waals surface area contributed by atoms with Gasteiger partial charge in [-0.25, -0.2) is 4.79 Å². The molecule has 1 aliphatic carbocycles. The van der Waals surface area contributed by atoms with E-state index in [1.807, 2.05) is 24.3 Å². The van der Waals surface area contributed by atoms with Gasteiger partial charge in [0.15, 0.2) is 0 Å². The zero-order valence-corrected chi connectivity index (χ0v) is 10.1. The van der Waals surface area contributed by atoms with Crippen LogP contribution < -0.4 is 11.1 Å². The largest absolute Gasteiger partial charge is 0.480 e. The van der Waals surface area contributed by atoms with E-state index in [0.29, 0.717) is 6.42 Å². The zero-order valence-electron chi connectivity index (χ0n) is 10.1. The van der Waals surface area contributed by atoms with E-state index in [1.165, 1.54) is 0 Å². The number of fused-ring (bicyclic) bond motifs is 1. The predicted octanol–water partition coefficient (Wildman–Crippen LogP) is -0.229. The molecule has 1 aliphatic rings. The molecular weight excluding hydrogens is 248 g/mol. The Morgan fingerprint density at radius 1 is 1.37 bits per heavy atom. The van der Waals surface area contributed by atoms with Gasteiger partial charge in [-0.15, -0.1) is 0 Å². The molecule has 2 atom stereocenters. The van der Waals surface area contributed by atoms with E-state index in [-0.39, 0.29) is 11.8 Å². The van der Waals surface area contributed by atoms with Gasteiger partial charge in [-0.05, 0) is 17.5 Å². The van der Waals surface area contributed by atoms with Crippen molar-refractivity contribution in [3.63, 3.8) is 0 Å². The second kappa shape index (κ2) is 5.09. The normalized spacial score (nSPS) is 17.8. The first-order valence-electron chi connectivity index (χ1n) is 5.88. The first-order chi connectivity index (χ1) is 8.99. The Kier molecular flexibility index (Phi) is 3.50. The molecule has 2 amide bonds. The Hall–Kier alpha value is -2.37. The summed E-state index contributed by atoms with van der Waals surface area (Å²) in [6, 6.07) is 6.22. The summed E-state index contributed by atoms with van der Waals surface area (Å²) in [5, 5.41) is 11.3. The molecule has 0 fully saturated rings. The third-order valence-corrected chi connectivity index (χ3v) is 3.19. The van der Waals surface area contributed by atoms with Crippen LogP contribution in [0.3, 0.4) is 0 Å². The molecule has 6 nitrogen and oxygen atoms in total. The van der Waals surface area contributed by atoms with Gasteiger partial charge in [0.2, 0.25) is 11.8 Å². The summed E-state index contributed by atoms with van der Waals surface area (Å²) < 4.78 is 0. The number of carbonyl (C=O) groups excluding carboxylic acids is 2. The maximum Gasteiger partial charge on any atom is 0.326 e. The fraction of sp³-hybridized carbons (Fsp3) is 0.308. The average Bonchev–Trinajstić information content (AvgIpc) is 2.29. The molecule has 6 heteroatoms. The molecule has 0 saturated heterocycles. The fourth-order valence-corrected chi connectivity index (χ4v) is 2.17. The van der Waals surface area contributed by atoms with Crippen LogP contribution in [0.1, 0.15) is 23.5 Å². The third kappa shape index (κ3) is 2.73. The van der Waals surface area contributed by atoms with Gasteiger partial charge in [-0.1, -0.05) is 24.3 Å². The van der Waals surface area contributed by atoms with Gasteiger partial charge >= 0.3 is 5.97 Å². The molecule has 0 radical (unpaired) electrons. The molecule has 4 N–H and O–H groups in total. The number of primary amides is 1. The Morgan fingerprint density at radius 3 is 2.63 bits per heavy atom. The number of nitrogens with one attached hydrogen (secondary N) is 1. The Morgan fingerprint density at radius 2 is 2.05 bits per heavy atom. The number of amides is 2. The first-order valence-corrected chi connectivity index (χ1v) is 5.88. The number of hydrogen-bond donors (Lipinski definition) is 3. The second-order valence-electron chi connectivity index (χ2n) is 4.53. The molecule has 0 bridgehead atoms. The van der Waals surface area contributed by atoms with Gasteiger partial charge in [0, 0.05) is 0 Å². The van der Waals surface area contributed by atoms with Crippen molar-refractivity contribution in [2.75, 3.05) is 0 Å². The number of carbonyl (C=O) groups is 3. The number of benzene rings is 1. The highest BCUT2D eigenvalue weighted by Gasteiger charge is 2.34. The molecule has 0 aromatic heterocycles.